The molecule has 1 aliphatic heterocycles. The predicted octanol–water partition coefficient (Wildman–Crippen LogP) is 2.24. The van der Waals surface area contributed by atoms with E-state index < -0.39 is 0 Å². The molecule has 0 unspecified atom stereocenters. The molecule has 0 atom stereocenters. The number of hydrogen-bond donors (Lipinski definition) is 2. The molecule has 0 amide bonds. The Morgan fingerprint density at radius 1 is 1.24 bits per heavy atom. The van der Waals surface area contributed by atoms with E-state index in [9.17, 15) is 0 Å². The molecule has 3 nitrogen and oxygen atoms in total. The molecule has 0 aromatic heterocycles. The Morgan fingerprint density at radius 2 is 1.94 bits per heavy atom. The summed E-state index contributed by atoms with van der Waals surface area (Å²) in [6.45, 7) is 4.11. The second kappa shape index (κ2) is 6.62. The van der Waals surface area contributed by atoms with Crippen LogP contribution >= 0.6 is 0 Å². The van der Waals surface area contributed by atoms with E-state index in [1.165, 1.54) is 37.2 Å². The predicted molar refractivity (Wildman–Crippen MR) is 71.2 cm³/mol. The Bertz CT molecular complexity index is 317. The molecule has 1 fully saturated rings. The van der Waals surface area contributed by atoms with Gasteiger partial charge in [0, 0.05) is 19.3 Å². The van der Waals surface area contributed by atoms with Crippen molar-refractivity contribution in [3.63, 3.8) is 0 Å². The van der Waals surface area contributed by atoms with Gasteiger partial charge in [0.05, 0.1) is 6.61 Å². The van der Waals surface area contributed by atoms with Crippen molar-refractivity contribution in [1.82, 2.24) is 5.32 Å². The van der Waals surface area contributed by atoms with E-state index in [2.05, 4.69) is 34.9 Å². The van der Waals surface area contributed by atoms with Gasteiger partial charge in [0.25, 0.3) is 0 Å². The number of anilines is 1. The molecule has 1 aromatic rings. The summed E-state index contributed by atoms with van der Waals surface area (Å²) in [5.74, 6) is 0.815. The van der Waals surface area contributed by atoms with Gasteiger partial charge in [-0.25, -0.2) is 0 Å². The van der Waals surface area contributed by atoms with Crippen molar-refractivity contribution in [3.8, 4) is 0 Å². The van der Waals surface area contributed by atoms with Crippen LogP contribution in [0.3, 0.4) is 0 Å². The SMILES string of the molecule is COCc1ccc(NCC2CCNCC2)cc1. The average molecular weight is 234 g/mol. The quantitative estimate of drug-likeness (QED) is 0.820. The number of hydrogen-bond acceptors (Lipinski definition) is 3. The molecule has 0 saturated carbocycles. The van der Waals surface area contributed by atoms with Crippen LogP contribution in [0.5, 0.6) is 0 Å². The first-order chi connectivity index (χ1) is 8.38. The first-order valence-electron chi connectivity index (χ1n) is 6.41. The lowest BCUT2D eigenvalue weighted by atomic mass is 9.98. The standard InChI is InChI=1S/C14H22N2O/c1-17-11-13-2-4-14(5-3-13)16-10-12-6-8-15-9-7-12/h2-5,12,15-16H,6-11H2,1H3. The van der Waals surface area contributed by atoms with Crippen LogP contribution in [0.1, 0.15) is 18.4 Å². The molecule has 0 aliphatic carbocycles. The molecular formula is C14H22N2O. The normalized spacial score (nSPS) is 17.0. The van der Waals surface area contributed by atoms with Crippen LogP contribution in [0.25, 0.3) is 0 Å². The third kappa shape index (κ3) is 4.02. The summed E-state index contributed by atoms with van der Waals surface area (Å²) in [6.07, 6.45) is 2.57. The second-order valence-electron chi connectivity index (χ2n) is 4.70. The molecule has 0 radical (unpaired) electrons. The van der Waals surface area contributed by atoms with E-state index in [0.717, 1.165) is 12.5 Å². The van der Waals surface area contributed by atoms with Crippen molar-refractivity contribution < 1.29 is 4.74 Å². The van der Waals surface area contributed by atoms with E-state index >= 15 is 0 Å². The second-order valence-corrected chi connectivity index (χ2v) is 4.70. The van der Waals surface area contributed by atoms with E-state index in [4.69, 9.17) is 4.74 Å². The fraction of sp³-hybridized carbons (Fsp3) is 0.571. The zero-order chi connectivity index (χ0) is 11.9. The Kier molecular flexibility index (Phi) is 4.83. The molecule has 17 heavy (non-hydrogen) atoms. The largest absolute Gasteiger partial charge is 0.385 e. The van der Waals surface area contributed by atoms with Crippen LogP contribution in [-0.2, 0) is 11.3 Å². The summed E-state index contributed by atoms with van der Waals surface area (Å²) in [5.41, 5.74) is 2.43. The van der Waals surface area contributed by atoms with Crippen molar-refractivity contribution in [2.45, 2.75) is 19.4 Å². The molecule has 2 N–H and O–H groups in total. The van der Waals surface area contributed by atoms with Gasteiger partial charge in [-0.05, 0) is 49.5 Å². The summed E-state index contributed by atoms with van der Waals surface area (Å²) in [4.78, 5) is 0. The van der Waals surface area contributed by atoms with Gasteiger partial charge in [-0.1, -0.05) is 12.1 Å². The third-order valence-electron chi connectivity index (χ3n) is 3.32. The summed E-state index contributed by atoms with van der Waals surface area (Å²) >= 11 is 0. The van der Waals surface area contributed by atoms with E-state index in [-0.39, 0.29) is 0 Å². The maximum Gasteiger partial charge on any atom is 0.0713 e. The molecule has 1 heterocycles. The van der Waals surface area contributed by atoms with Crippen molar-refractivity contribution in [1.29, 1.82) is 0 Å². The highest BCUT2D eigenvalue weighted by Gasteiger charge is 2.12. The van der Waals surface area contributed by atoms with Gasteiger partial charge in [0.1, 0.15) is 0 Å². The Labute approximate surface area is 104 Å². The molecule has 1 saturated heterocycles. The van der Waals surface area contributed by atoms with Gasteiger partial charge < -0.3 is 15.4 Å². The van der Waals surface area contributed by atoms with E-state index in [1.54, 1.807) is 7.11 Å². The zero-order valence-electron chi connectivity index (χ0n) is 10.5. The number of piperidine rings is 1. The fourth-order valence-corrected chi connectivity index (χ4v) is 2.23. The summed E-state index contributed by atoms with van der Waals surface area (Å²) in [7, 11) is 1.73. The van der Waals surface area contributed by atoms with Gasteiger partial charge in [-0.3, -0.25) is 0 Å². The summed E-state index contributed by atoms with van der Waals surface area (Å²) < 4.78 is 5.10. The van der Waals surface area contributed by atoms with Gasteiger partial charge in [0.2, 0.25) is 0 Å². The molecule has 2 rings (SSSR count). The Hall–Kier alpha value is -1.06. The maximum atomic E-state index is 5.10. The average Bonchev–Trinajstić information content (AvgIpc) is 2.40. The van der Waals surface area contributed by atoms with Crippen LogP contribution in [0.4, 0.5) is 5.69 Å². The fourth-order valence-electron chi connectivity index (χ4n) is 2.23. The number of methoxy groups -OCH3 is 1. The van der Waals surface area contributed by atoms with Crippen LogP contribution in [-0.4, -0.2) is 26.7 Å². The minimum Gasteiger partial charge on any atom is -0.385 e. The topological polar surface area (TPSA) is 33.3 Å². The number of benzene rings is 1. The smallest absolute Gasteiger partial charge is 0.0713 e. The highest BCUT2D eigenvalue weighted by Crippen LogP contribution is 2.15. The third-order valence-corrected chi connectivity index (χ3v) is 3.32. The molecule has 94 valence electrons. The molecule has 0 spiro atoms. The number of nitrogens with one attached hydrogen (secondary N) is 2. The number of rotatable bonds is 5. The lowest BCUT2D eigenvalue weighted by molar-refractivity contribution is 0.185. The van der Waals surface area contributed by atoms with E-state index in [1.807, 2.05) is 0 Å². The summed E-state index contributed by atoms with van der Waals surface area (Å²) in [5, 5.41) is 6.91. The van der Waals surface area contributed by atoms with Crippen LogP contribution in [0.2, 0.25) is 0 Å². The molecule has 1 aliphatic rings. The van der Waals surface area contributed by atoms with Crippen LogP contribution in [0.15, 0.2) is 24.3 Å². The van der Waals surface area contributed by atoms with E-state index in [0.29, 0.717) is 6.61 Å². The number of ether oxygens (including phenoxy) is 1. The lowest BCUT2D eigenvalue weighted by Crippen LogP contribution is -2.31. The molecular weight excluding hydrogens is 212 g/mol. The highest BCUT2D eigenvalue weighted by molar-refractivity contribution is 5.44. The molecule has 0 bridgehead atoms. The van der Waals surface area contributed by atoms with Gasteiger partial charge >= 0.3 is 0 Å². The minimum absolute atomic E-state index is 0.689. The van der Waals surface area contributed by atoms with Gasteiger partial charge in [-0.2, -0.15) is 0 Å². The van der Waals surface area contributed by atoms with Gasteiger partial charge in [-0.15, -0.1) is 0 Å². The first-order valence-corrected chi connectivity index (χ1v) is 6.41. The van der Waals surface area contributed by atoms with Crippen molar-refractivity contribution >= 4 is 5.69 Å². The van der Waals surface area contributed by atoms with Crippen LogP contribution in [0, 0.1) is 5.92 Å². The Balaban J connectivity index is 1.77. The lowest BCUT2D eigenvalue weighted by Gasteiger charge is -2.23. The van der Waals surface area contributed by atoms with Crippen molar-refractivity contribution in [3.05, 3.63) is 29.8 Å². The van der Waals surface area contributed by atoms with Gasteiger partial charge in [0.15, 0.2) is 0 Å². The Morgan fingerprint density at radius 3 is 2.59 bits per heavy atom. The van der Waals surface area contributed by atoms with Crippen molar-refractivity contribution in [2.24, 2.45) is 5.92 Å². The van der Waals surface area contributed by atoms with Crippen molar-refractivity contribution in [2.75, 3.05) is 32.1 Å². The highest BCUT2D eigenvalue weighted by atomic mass is 16.5. The van der Waals surface area contributed by atoms with Crippen LogP contribution < -0.4 is 10.6 Å². The first kappa shape index (κ1) is 12.4. The zero-order valence-corrected chi connectivity index (χ0v) is 10.5. The monoisotopic (exact) mass is 234 g/mol. The maximum absolute atomic E-state index is 5.10. The molecule has 3 heteroatoms. The minimum atomic E-state index is 0.689. The summed E-state index contributed by atoms with van der Waals surface area (Å²) in [6, 6.07) is 8.51. The molecule has 1 aromatic carbocycles.